The minimum atomic E-state index is -3.45. The zero-order chi connectivity index (χ0) is 18.1. The lowest BCUT2D eigenvalue weighted by Crippen LogP contribution is -3.13. The maximum atomic E-state index is 12.7. The Hall–Kier alpha value is -1.51. The van der Waals surface area contributed by atoms with Crippen molar-refractivity contribution in [1.82, 2.24) is 9.29 Å². The monoisotopic (exact) mass is 408 g/mol. The lowest BCUT2D eigenvalue weighted by Gasteiger charge is -2.31. The van der Waals surface area contributed by atoms with E-state index in [4.69, 9.17) is 11.6 Å². The number of halogens is 1. The molecule has 0 bridgehead atoms. The van der Waals surface area contributed by atoms with Gasteiger partial charge >= 0.3 is 0 Å². The molecule has 0 radical (unpaired) electrons. The molecule has 0 unspecified atom stereocenters. The van der Waals surface area contributed by atoms with Crippen LogP contribution in [0.1, 0.15) is 5.01 Å². The van der Waals surface area contributed by atoms with E-state index in [1.165, 1.54) is 9.60 Å². The number of para-hydroxylation sites is 1. The van der Waals surface area contributed by atoms with Crippen LogP contribution in [0.15, 0.2) is 53.4 Å². The quantitative estimate of drug-likeness (QED) is 0.718. The standard InChI is InChI=1S/C18H18ClN3O2S2/c19-14-5-7-15(8-6-14)26(23,24)22-11-9-21(10-12-22)13-18-20-16-3-1-2-4-17(16)25-18/h1-8H,9-13H2/p+1. The Labute approximate surface area is 161 Å². The molecule has 1 aromatic heterocycles. The topological polar surface area (TPSA) is 54.7 Å². The number of benzene rings is 2. The minimum absolute atomic E-state index is 0.302. The van der Waals surface area contributed by atoms with Gasteiger partial charge in [0.15, 0.2) is 0 Å². The van der Waals surface area contributed by atoms with E-state index in [1.807, 2.05) is 18.2 Å². The van der Waals surface area contributed by atoms with Gasteiger partial charge in [0.2, 0.25) is 10.0 Å². The number of hydrogen-bond donors (Lipinski definition) is 1. The van der Waals surface area contributed by atoms with Gasteiger partial charge in [0, 0.05) is 5.02 Å². The molecular formula is C18H19ClN3O2S2+. The Bertz CT molecular complexity index is 977. The molecule has 0 amide bonds. The number of fused-ring (bicyclic) bond motifs is 1. The highest BCUT2D eigenvalue weighted by Crippen LogP contribution is 2.21. The average molecular weight is 409 g/mol. The van der Waals surface area contributed by atoms with E-state index < -0.39 is 10.0 Å². The molecule has 1 fully saturated rings. The summed E-state index contributed by atoms with van der Waals surface area (Å²) in [5.74, 6) is 0. The summed E-state index contributed by atoms with van der Waals surface area (Å²) in [6.07, 6.45) is 0. The Balaban J connectivity index is 1.41. The maximum absolute atomic E-state index is 12.7. The lowest BCUT2D eigenvalue weighted by molar-refractivity contribution is -0.917. The molecule has 4 rings (SSSR count). The number of aromatic nitrogens is 1. The summed E-state index contributed by atoms with van der Waals surface area (Å²) in [6, 6.07) is 14.5. The molecule has 1 saturated heterocycles. The van der Waals surface area contributed by atoms with Crippen molar-refractivity contribution in [1.29, 1.82) is 0 Å². The fourth-order valence-corrected chi connectivity index (χ4v) is 5.79. The largest absolute Gasteiger partial charge is 0.327 e. The van der Waals surface area contributed by atoms with Crippen molar-refractivity contribution in [3.63, 3.8) is 0 Å². The number of thiazole rings is 1. The van der Waals surface area contributed by atoms with Gasteiger partial charge in [0.05, 0.1) is 41.3 Å². The van der Waals surface area contributed by atoms with Crippen molar-refractivity contribution in [3.05, 3.63) is 58.6 Å². The fourth-order valence-electron chi connectivity index (χ4n) is 3.18. The van der Waals surface area contributed by atoms with Crippen molar-refractivity contribution in [3.8, 4) is 0 Å². The third-order valence-corrected chi connectivity index (χ3v) is 7.82. The van der Waals surface area contributed by atoms with Crippen LogP contribution in [-0.2, 0) is 16.6 Å². The minimum Gasteiger partial charge on any atom is -0.327 e. The van der Waals surface area contributed by atoms with E-state index in [2.05, 4.69) is 11.1 Å². The Morgan fingerprint density at radius 2 is 1.77 bits per heavy atom. The van der Waals surface area contributed by atoms with Crippen LogP contribution in [0.25, 0.3) is 10.2 Å². The normalized spacial score (nSPS) is 17.0. The Morgan fingerprint density at radius 1 is 1.08 bits per heavy atom. The third kappa shape index (κ3) is 3.63. The van der Waals surface area contributed by atoms with Gasteiger partial charge in [-0.05, 0) is 36.4 Å². The molecule has 1 aliphatic heterocycles. The molecule has 8 heteroatoms. The molecule has 0 atom stereocenters. The first-order valence-corrected chi connectivity index (χ1v) is 11.1. The van der Waals surface area contributed by atoms with E-state index in [9.17, 15) is 8.42 Å². The van der Waals surface area contributed by atoms with Crippen LogP contribution in [0, 0.1) is 0 Å². The number of nitrogens with zero attached hydrogens (tertiary/aromatic N) is 2. The predicted octanol–water partition coefficient (Wildman–Crippen LogP) is 2.04. The SMILES string of the molecule is O=S(=O)(c1ccc(Cl)cc1)N1CC[NH+](Cc2nc3ccccc3s2)CC1. The first kappa shape index (κ1) is 17.9. The van der Waals surface area contributed by atoms with Gasteiger partial charge < -0.3 is 4.90 Å². The van der Waals surface area contributed by atoms with Crippen LogP contribution in [0.3, 0.4) is 0 Å². The summed E-state index contributed by atoms with van der Waals surface area (Å²) < 4.78 is 28.3. The van der Waals surface area contributed by atoms with Gasteiger partial charge in [-0.1, -0.05) is 23.7 Å². The van der Waals surface area contributed by atoms with Gasteiger partial charge in [-0.3, -0.25) is 0 Å². The van der Waals surface area contributed by atoms with Gasteiger partial charge in [0.1, 0.15) is 11.6 Å². The summed E-state index contributed by atoms with van der Waals surface area (Å²) in [4.78, 5) is 6.35. The summed E-state index contributed by atoms with van der Waals surface area (Å²) in [7, 11) is -3.45. The van der Waals surface area contributed by atoms with Gasteiger partial charge in [-0.25, -0.2) is 13.4 Å². The molecule has 2 aromatic carbocycles. The summed E-state index contributed by atoms with van der Waals surface area (Å²) >= 11 is 7.58. The number of sulfonamides is 1. The highest BCUT2D eigenvalue weighted by atomic mass is 35.5. The number of nitrogens with one attached hydrogen (secondary N) is 1. The first-order valence-electron chi connectivity index (χ1n) is 8.46. The van der Waals surface area contributed by atoms with Crippen LogP contribution in [0.2, 0.25) is 5.02 Å². The maximum Gasteiger partial charge on any atom is 0.243 e. The van der Waals surface area contributed by atoms with Crippen molar-refractivity contribution < 1.29 is 13.3 Å². The number of rotatable bonds is 4. The third-order valence-electron chi connectivity index (χ3n) is 4.62. The van der Waals surface area contributed by atoms with E-state index in [0.717, 1.165) is 30.2 Å². The van der Waals surface area contributed by atoms with Gasteiger partial charge in [-0.15, -0.1) is 11.3 Å². The van der Waals surface area contributed by atoms with Crippen LogP contribution in [0.5, 0.6) is 0 Å². The number of quaternary nitrogens is 1. The molecule has 0 saturated carbocycles. The Morgan fingerprint density at radius 3 is 2.46 bits per heavy atom. The smallest absolute Gasteiger partial charge is 0.243 e. The second-order valence-electron chi connectivity index (χ2n) is 6.36. The molecule has 5 nitrogen and oxygen atoms in total. The summed E-state index contributed by atoms with van der Waals surface area (Å²) in [6.45, 7) is 3.44. The van der Waals surface area contributed by atoms with Gasteiger partial charge in [-0.2, -0.15) is 4.31 Å². The molecular weight excluding hydrogens is 390 g/mol. The van der Waals surface area contributed by atoms with Crippen molar-refractivity contribution in [2.24, 2.45) is 0 Å². The predicted molar refractivity (Wildman–Crippen MR) is 104 cm³/mol. The van der Waals surface area contributed by atoms with Crippen molar-refractivity contribution in [2.45, 2.75) is 11.4 Å². The fraction of sp³-hybridized carbons (Fsp3) is 0.278. The van der Waals surface area contributed by atoms with Crippen LogP contribution >= 0.6 is 22.9 Å². The zero-order valence-electron chi connectivity index (χ0n) is 14.1. The van der Waals surface area contributed by atoms with Crippen LogP contribution < -0.4 is 4.90 Å². The van der Waals surface area contributed by atoms with Crippen molar-refractivity contribution >= 4 is 43.2 Å². The van der Waals surface area contributed by atoms with E-state index >= 15 is 0 Å². The van der Waals surface area contributed by atoms with Crippen molar-refractivity contribution in [2.75, 3.05) is 26.2 Å². The molecule has 26 heavy (non-hydrogen) atoms. The highest BCUT2D eigenvalue weighted by Gasteiger charge is 2.30. The second-order valence-corrected chi connectivity index (χ2v) is 9.85. The molecule has 3 aromatic rings. The van der Waals surface area contributed by atoms with E-state index in [0.29, 0.717) is 23.0 Å². The number of piperazine rings is 1. The molecule has 0 aliphatic carbocycles. The van der Waals surface area contributed by atoms with Gasteiger partial charge in [0.25, 0.3) is 0 Å². The molecule has 0 spiro atoms. The summed E-state index contributed by atoms with van der Waals surface area (Å²) in [5.41, 5.74) is 1.04. The molecule has 1 aliphatic rings. The highest BCUT2D eigenvalue weighted by molar-refractivity contribution is 7.89. The van der Waals surface area contributed by atoms with Crippen LogP contribution in [-0.4, -0.2) is 43.9 Å². The van der Waals surface area contributed by atoms with E-state index in [1.54, 1.807) is 39.9 Å². The van der Waals surface area contributed by atoms with Crippen LogP contribution in [0.4, 0.5) is 0 Å². The van der Waals surface area contributed by atoms with E-state index in [-0.39, 0.29) is 0 Å². The Kier molecular flexibility index (Phi) is 4.98. The molecule has 2 heterocycles. The molecule has 136 valence electrons. The molecule has 1 N–H and O–H groups in total. The average Bonchev–Trinajstić information content (AvgIpc) is 3.05. The lowest BCUT2D eigenvalue weighted by atomic mass is 10.3. The number of hydrogen-bond acceptors (Lipinski definition) is 4. The zero-order valence-corrected chi connectivity index (χ0v) is 16.4. The second kappa shape index (κ2) is 7.25. The first-order chi connectivity index (χ1) is 12.5. The summed E-state index contributed by atoms with van der Waals surface area (Å²) in [5, 5.41) is 1.64.